The largest absolute Gasteiger partial charge is 0.371 e. The zero-order valence-corrected chi connectivity index (χ0v) is 11.3. The number of benzene rings is 2. The molecule has 0 N–H and O–H groups in total. The summed E-state index contributed by atoms with van der Waals surface area (Å²) in [5, 5.41) is 2.19. The number of rotatable bonds is 2. The fraction of sp³-hybridized carbons (Fsp3) is 0.353. The third-order valence-electron chi connectivity index (χ3n) is 3.92. The minimum absolute atomic E-state index is 0.114. The van der Waals surface area contributed by atoms with Gasteiger partial charge in [-0.3, -0.25) is 4.79 Å². The number of carbonyl (C=O) groups excluding carboxylic acids is 1. The monoisotopic (exact) mass is 254 g/mol. The maximum atomic E-state index is 11.7. The third kappa shape index (κ3) is 2.17. The van der Waals surface area contributed by atoms with Crippen molar-refractivity contribution >= 4 is 16.6 Å². The molecule has 1 aliphatic heterocycles. The molecule has 2 aromatic carbocycles. The molecule has 2 atom stereocenters. The SMILES string of the molecule is CC(=O)c1ccc(C2CCC(C)O2)c2ccccc12. The lowest BCUT2D eigenvalue weighted by Crippen LogP contribution is -2.03. The Labute approximate surface area is 113 Å². The summed E-state index contributed by atoms with van der Waals surface area (Å²) < 4.78 is 5.97. The first-order valence-electron chi connectivity index (χ1n) is 6.85. The molecule has 0 aromatic heterocycles. The van der Waals surface area contributed by atoms with Crippen LogP contribution in [0.4, 0.5) is 0 Å². The quantitative estimate of drug-likeness (QED) is 0.747. The Morgan fingerprint density at radius 1 is 1.11 bits per heavy atom. The van der Waals surface area contributed by atoms with E-state index in [9.17, 15) is 4.79 Å². The van der Waals surface area contributed by atoms with E-state index in [1.54, 1.807) is 6.92 Å². The van der Waals surface area contributed by atoms with Crippen molar-refractivity contribution in [2.24, 2.45) is 0 Å². The standard InChI is InChI=1S/C17H18O2/c1-11-7-10-17(19-11)16-9-8-13(12(2)18)14-5-3-4-6-15(14)16/h3-6,8-9,11,17H,7,10H2,1-2H3. The highest BCUT2D eigenvalue weighted by Gasteiger charge is 2.25. The van der Waals surface area contributed by atoms with Crippen molar-refractivity contribution in [3.05, 3.63) is 47.5 Å². The summed E-state index contributed by atoms with van der Waals surface area (Å²) >= 11 is 0. The molecule has 0 aliphatic carbocycles. The lowest BCUT2D eigenvalue weighted by Gasteiger charge is -2.15. The van der Waals surface area contributed by atoms with Crippen LogP contribution in [0.2, 0.25) is 0 Å². The predicted molar refractivity (Wildman–Crippen MR) is 76.5 cm³/mol. The molecular weight excluding hydrogens is 236 g/mol. The molecule has 2 unspecified atom stereocenters. The Morgan fingerprint density at radius 3 is 2.47 bits per heavy atom. The molecule has 2 aromatic rings. The first-order valence-corrected chi connectivity index (χ1v) is 6.85. The van der Waals surface area contributed by atoms with Crippen LogP contribution < -0.4 is 0 Å². The van der Waals surface area contributed by atoms with Crippen molar-refractivity contribution in [1.82, 2.24) is 0 Å². The van der Waals surface area contributed by atoms with Crippen molar-refractivity contribution in [1.29, 1.82) is 0 Å². The van der Waals surface area contributed by atoms with Crippen LogP contribution in [0.25, 0.3) is 10.8 Å². The van der Waals surface area contributed by atoms with Crippen LogP contribution in [-0.4, -0.2) is 11.9 Å². The molecule has 2 heteroatoms. The van der Waals surface area contributed by atoms with E-state index in [0.29, 0.717) is 6.10 Å². The van der Waals surface area contributed by atoms with Crippen LogP contribution in [0.15, 0.2) is 36.4 Å². The van der Waals surface area contributed by atoms with E-state index >= 15 is 0 Å². The molecule has 1 aliphatic rings. The second kappa shape index (κ2) is 4.78. The molecule has 98 valence electrons. The van der Waals surface area contributed by atoms with Gasteiger partial charge in [-0.05, 0) is 43.0 Å². The van der Waals surface area contributed by atoms with Gasteiger partial charge in [-0.25, -0.2) is 0 Å². The van der Waals surface area contributed by atoms with Gasteiger partial charge in [0.15, 0.2) is 5.78 Å². The van der Waals surface area contributed by atoms with Crippen LogP contribution in [0.1, 0.15) is 48.7 Å². The lowest BCUT2D eigenvalue weighted by molar-refractivity contribution is 0.0564. The van der Waals surface area contributed by atoms with E-state index in [0.717, 1.165) is 29.2 Å². The van der Waals surface area contributed by atoms with Crippen molar-refractivity contribution in [3.63, 3.8) is 0 Å². The van der Waals surface area contributed by atoms with Gasteiger partial charge in [-0.1, -0.05) is 36.4 Å². The Kier molecular flexibility index (Phi) is 3.11. The number of Topliss-reactive ketones (excluding diaryl/α,β-unsaturated/α-hetero) is 1. The lowest BCUT2D eigenvalue weighted by atomic mass is 9.94. The van der Waals surface area contributed by atoms with Crippen LogP contribution in [-0.2, 0) is 4.74 Å². The Hall–Kier alpha value is -1.67. The van der Waals surface area contributed by atoms with Gasteiger partial charge < -0.3 is 4.74 Å². The zero-order valence-electron chi connectivity index (χ0n) is 11.3. The maximum absolute atomic E-state index is 11.7. The topological polar surface area (TPSA) is 26.3 Å². The van der Waals surface area contributed by atoms with Gasteiger partial charge in [0.05, 0.1) is 12.2 Å². The molecule has 3 rings (SSSR count). The number of ketones is 1. The number of hydrogen-bond acceptors (Lipinski definition) is 2. The second-order valence-electron chi connectivity index (χ2n) is 5.32. The average molecular weight is 254 g/mol. The molecule has 0 amide bonds. The fourth-order valence-electron chi connectivity index (χ4n) is 2.94. The number of fused-ring (bicyclic) bond motifs is 1. The molecule has 2 nitrogen and oxygen atoms in total. The van der Waals surface area contributed by atoms with Crippen molar-refractivity contribution in [2.75, 3.05) is 0 Å². The summed E-state index contributed by atoms with van der Waals surface area (Å²) in [6, 6.07) is 12.1. The normalized spacial score (nSPS) is 22.8. The molecule has 1 heterocycles. The number of ether oxygens (including phenoxy) is 1. The number of hydrogen-bond donors (Lipinski definition) is 0. The smallest absolute Gasteiger partial charge is 0.160 e. The Morgan fingerprint density at radius 2 is 1.84 bits per heavy atom. The highest BCUT2D eigenvalue weighted by Crippen LogP contribution is 2.37. The molecule has 1 saturated heterocycles. The Bertz CT molecular complexity index is 630. The highest BCUT2D eigenvalue weighted by atomic mass is 16.5. The summed E-state index contributed by atoms with van der Waals surface area (Å²) in [5.41, 5.74) is 2.01. The zero-order chi connectivity index (χ0) is 13.4. The second-order valence-corrected chi connectivity index (χ2v) is 5.32. The Balaban J connectivity index is 2.17. The molecular formula is C17H18O2. The van der Waals surface area contributed by atoms with Crippen LogP contribution in [0, 0.1) is 0 Å². The van der Waals surface area contributed by atoms with Gasteiger partial charge in [0.2, 0.25) is 0 Å². The maximum Gasteiger partial charge on any atom is 0.160 e. The molecule has 1 fully saturated rings. The first-order chi connectivity index (χ1) is 9.16. The number of carbonyl (C=O) groups is 1. The predicted octanol–water partition coefficient (Wildman–Crippen LogP) is 4.28. The summed E-state index contributed by atoms with van der Waals surface area (Å²) in [5.74, 6) is 0.114. The highest BCUT2D eigenvalue weighted by molar-refractivity contribution is 6.07. The van der Waals surface area contributed by atoms with Gasteiger partial charge in [-0.15, -0.1) is 0 Å². The summed E-state index contributed by atoms with van der Waals surface area (Å²) in [6.07, 6.45) is 2.66. The van der Waals surface area contributed by atoms with Crippen molar-refractivity contribution in [2.45, 2.75) is 38.9 Å². The molecule has 0 saturated carbocycles. The van der Waals surface area contributed by atoms with E-state index in [1.165, 1.54) is 5.56 Å². The van der Waals surface area contributed by atoms with Gasteiger partial charge in [0.25, 0.3) is 0 Å². The minimum atomic E-state index is 0.114. The van der Waals surface area contributed by atoms with E-state index in [-0.39, 0.29) is 11.9 Å². The fourth-order valence-corrected chi connectivity index (χ4v) is 2.94. The van der Waals surface area contributed by atoms with Crippen molar-refractivity contribution in [3.8, 4) is 0 Å². The summed E-state index contributed by atoms with van der Waals surface area (Å²) in [7, 11) is 0. The van der Waals surface area contributed by atoms with E-state index in [2.05, 4.69) is 19.1 Å². The van der Waals surface area contributed by atoms with Gasteiger partial charge in [-0.2, -0.15) is 0 Å². The van der Waals surface area contributed by atoms with Crippen LogP contribution in [0.3, 0.4) is 0 Å². The van der Waals surface area contributed by atoms with Gasteiger partial charge in [0.1, 0.15) is 0 Å². The molecule has 19 heavy (non-hydrogen) atoms. The van der Waals surface area contributed by atoms with Crippen molar-refractivity contribution < 1.29 is 9.53 Å². The van der Waals surface area contributed by atoms with Gasteiger partial charge in [0, 0.05) is 5.56 Å². The molecule has 0 bridgehead atoms. The van der Waals surface area contributed by atoms with Crippen LogP contribution >= 0.6 is 0 Å². The molecule has 0 spiro atoms. The molecule has 0 radical (unpaired) electrons. The van der Waals surface area contributed by atoms with E-state index in [4.69, 9.17) is 4.74 Å². The van der Waals surface area contributed by atoms with Crippen LogP contribution in [0.5, 0.6) is 0 Å². The minimum Gasteiger partial charge on any atom is -0.371 e. The van der Waals surface area contributed by atoms with E-state index < -0.39 is 0 Å². The summed E-state index contributed by atoms with van der Waals surface area (Å²) in [6.45, 7) is 3.74. The summed E-state index contributed by atoms with van der Waals surface area (Å²) in [4.78, 5) is 11.7. The first kappa shape index (κ1) is 12.4. The van der Waals surface area contributed by atoms with E-state index in [1.807, 2.05) is 24.3 Å². The van der Waals surface area contributed by atoms with Gasteiger partial charge >= 0.3 is 0 Å². The third-order valence-corrected chi connectivity index (χ3v) is 3.92. The average Bonchev–Trinajstić information content (AvgIpc) is 2.83.